The van der Waals surface area contributed by atoms with Crippen LogP contribution in [0.4, 0.5) is 13.2 Å². The molecular weight excluding hydrogens is 395 g/mol. The number of H-pyrrole nitrogens is 1. The Morgan fingerprint density at radius 3 is 2.00 bits per heavy atom. The van der Waals surface area contributed by atoms with Crippen LogP contribution in [0.5, 0.6) is 5.75 Å². The van der Waals surface area contributed by atoms with E-state index in [1.165, 1.54) is 24.3 Å². The molecule has 1 heterocycles. The highest BCUT2D eigenvalue weighted by Gasteiger charge is 2.30. The average Bonchev–Trinajstić information content (AvgIpc) is 2.73. The van der Waals surface area contributed by atoms with Gasteiger partial charge in [0, 0.05) is 16.5 Å². The quantitative estimate of drug-likeness (QED) is 0.482. The number of hydrogen-bond donors (Lipinski definition) is 2. The number of aromatic amines is 1. The van der Waals surface area contributed by atoms with Gasteiger partial charge in [-0.1, -0.05) is 48.5 Å². The Morgan fingerprint density at radius 1 is 0.833 bits per heavy atom. The van der Waals surface area contributed by atoms with E-state index in [9.17, 15) is 23.1 Å². The van der Waals surface area contributed by atoms with E-state index in [4.69, 9.17) is 0 Å². The standard InChI is InChI=1S/C23H16F3NO3/c24-23(25,26)30-17-11-9-15(10-12-17)14-5-7-16(8-6-14)21-19(13-28)22(29)18-3-1-2-4-20(18)27-21/h1-12,28H,13H2,(H,27,29). The number of nitrogens with one attached hydrogen (secondary N) is 1. The van der Waals surface area contributed by atoms with Crippen LogP contribution in [0.3, 0.4) is 0 Å². The molecule has 0 amide bonds. The Labute approximate surface area is 169 Å². The largest absolute Gasteiger partial charge is 0.573 e. The van der Waals surface area contributed by atoms with Crippen molar-refractivity contribution in [1.29, 1.82) is 0 Å². The van der Waals surface area contributed by atoms with E-state index in [1.54, 1.807) is 42.5 Å². The topological polar surface area (TPSA) is 62.3 Å². The lowest BCUT2D eigenvalue weighted by atomic mass is 9.99. The summed E-state index contributed by atoms with van der Waals surface area (Å²) in [6.07, 6.45) is -4.73. The minimum absolute atomic E-state index is 0.230. The third-order valence-corrected chi connectivity index (χ3v) is 4.76. The molecular formula is C23H16F3NO3. The van der Waals surface area contributed by atoms with Crippen LogP contribution < -0.4 is 10.2 Å². The zero-order valence-corrected chi connectivity index (χ0v) is 15.5. The Kier molecular flexibility index (Phi) is 5.05. The predicted molar refractivity (Wildman–Crippen MR) is 108 cm³/mol. The van der Waals surface area contributed by atoms with Crippen molar-refractivity contribution in [3.63, 3.8) is 0 Å². The Balaban J connectivity index is 1.68. The van der Waals surface area contributed by atoms with Gasteiger partial charge in [0.2, 0.25) is 0 Å². The second-order valence-corrected chi connectivity index (χ2v) is 6.66. The summed E-state index contributed by atoms with van der Waals surface area (Å²) in [5.41, 5.74) is 3.45. The van der Waals surface area contributed by atoms with Crippen molar-refractivity contribution >= 4 is 10.9 Å². The van der Waals surface area contributed by atoms with Crippen molar-refractivity contribution in [2.45, 2.75) is 13.0 Å². The molecule has 7 heteroatoms. The second kappa shape index (κ2) is 7.68. The Morgan fingerprint density at radius 2 is 1.40 bits per heavy atom. The maximum atomic E-state index is 12.7. The van der Waals surface area contributed by atoms with Crippen molar-refractivity contribution in [3.05, 3.63) is 88.6 Å². The van der Waals surface area contributed by atoms with E-state index >= 15 is 0 Å². The zero-order valence-electron chi connectivity index (χ0n) is 15.5. The highest BCUT2D eigenvalue weighted by atomic mass is 19.4. The van der Waals surface area contributed by atoms with Crippen LogP contribution >= 0.6 is 0 Å². The molecule has 4 aromatic rings. The third kappa shape index (κ3) is 3.92. The SMILES string of the molecule is O=c1c(CO)c(-c2ccc(-c3ccc(OC(F)(F)F)cc3)cc2)[nH]c2ccccc12. The third-order valence-electron chi connectivity index (χ3n) is 4.76. The molecule has 0 aliphatic rings. The van der Waals surface area contributed by atoms with Gasteiger partial charge in [0.1, 0.15) is 5.75 Å². The van der Waals surface area contributed by atoms with E-state index in [1.807, 2.05) is 6.07 Å². The fraction of sp³-hybridized carbons (Fsp3) is 0.0870. The summed E-state index contributed by atoms with van der Waals surface area (Å²) < 4.78 is 40.8. The molecule has 0 saturated carbocycles. The van der Waals surface area contributed by atoms with E-state index in [2.05, 4.69) is 9.72 Å². The number of rotatable bonds is 4. The van der Waals surface area contributed by atoms with Gasteiger partial charge in [-0.3, -0.25) is 4.79 Å². The smallest absolute Gasteiger partial charge is 0.406 e. The molecule has 30 heavy (non-hydrogen) atoms. The van der Waals surface area contributed by atoms with Crippen LogP contribution in [-0.2, 0) is 6.61 Å². The highest BCUT2D eigenvalue weighted by Crippen LogP contribution is 2.29. The van der Waals surface area contributed by atoms with Crippen molar-refractivity contribution in [3.8, 4) is 28.1 Å². The van der Waals surface area contributed by atoms with E-state index in [0.29, 0.717) is 27.7 Å². The van der Waals surface area contributed by atoms with Crippen LogP contribution in [0.15, 0.2) is 77.6 Å². The van der Waals surface area contributed by atoms with Gasteiger partial charge in [0.15, 0.2) is 5.43 Å². The van der Waals surface area contributed by atoms with Gasteiger partial charge in [-0.2, -0.15) is 0 Å². The maximum Gasteiger partial charge on any atom is 0.573 e. The minimum atomic E-state index is -4.73. The Hall–Kier alpha value is -3.58. The average molecular weight is 411 g/mol. The number of fused-ring (bicyclic) bond motifs is 1. The van der Waals surface area contributed by atoms with Crippen molar-refractivity contribution in [2.75, 3.05) is 0 Å². The normalized spacial score (nSPS) is 11.6. The molecule has 1 aromatic heterocycles. The van der Waals surface area contributed by atoms with Crippen molar-refractivity contribution in [1.82, 2.24) is 4.98 Å². The van der Waals surface area contributed by atoms with Gasteiger partial charge in [-0.15, -0.1) is 13.2 Å². The summed E-state index contributed by atoms with van der Waals surface area (Å²) >= 11 is 0. The second-order valence-electron chi connectivity index (χ2n) is 6.66. The van der Waals surface area contributed by atoms with Crippen LogP contribution in [0.1, 0.15) is 5.56 Å². The van der Waals surface area contributed by atoms with Gasteiger partial charge in [0.05, 0.1) is 12.3 Å². The number of aliphatic hydroxyl groups is 1. The number of benzene rings is 3. The summed E-state index contributed by atoms with van der Waals surface area (Å²) in [5, 5.41) is 10.3. The lowest BCUT2D eigenvalue weighted by Gasteiger charge is -2.11. The molecule has 0 bridgehead atoms. The molecule has 152 valence electrons. The van der Waals surface area contributed by atoms with E-state index in [-0.39, 0.29) is 16.7 Å². The van der Waals surface area contributed by atoms with E-state index < -0.39 is 13.0 Å². The van der Waals surface area contributed by atoms with Gasteiger partial charge >= 0.3 is 6.36 Å². The first-order chi connectivity index (χ1) is 14.4. The summed E-state index contributed by atoms with van der Waals surface area (Å²) in [7, 11) is 0. The molecule has 0 saturated heterocycles. The summed E-state index contributed by atoms with van der Waals surface area (Å²) in [6, 6.07) is 19.8. The first-order valence-electron chi connectivity index (χ1n) is 9.07. The van der Waals surface area contributed by atoms with Crippen molar-refractivity contribution < 1.29 is 23.0 Å². The van der Waals surface area contributed by atoms with Gasteiger partial charge in [-0.05, 0) is 41.0 Å². The first-order valence-corrected chi connectivity index (χ1v) is 9.07. The molecule has 4 rings (SSSR count). The van der Waals surface area contributed by atoms with Gasteiger partial charge in [-0.25, -0.2) is 0 Å². The number of halogens is 3. The minimum Gasteiger partial charge on any atom is -0.406 e. The molecule has 0 spiro atoms. The number of aliphatic hydroxyl groups excluding tert-OH is 1. The molecule has 3 aromatic carbocycles. The van der Waals surface area contributed by atoms with Crippen LogP contribution in [0.2, 0.25) is 0 Å². The number of hydrogen-bond acceptors (Lipinski definition) is 3. The van der Waals surface area contributed by atoms with Crippen LogP contribution in [0, 0.1) is 0 Å². The van der Waals surface area contributed by atoms with Gasteiger partial charge < -0.3 is 14.8 Å². The molecule has 0 aliphatic heterocycles. The fourth-order valence-corrected chi connectivity index (χ4v) is 3.35. The molecule has 0 aliphatic carbocycles. The van der Waals surface area contributed by atoms with Crippen molar-refractivity contribution in [2.24, 2.45) is 0 Å². The number of pyridine rings is 1. The summed E-state index contributed by atoms with van der Waals surface area (Å²) in [6.45, 7) is -0.405. The Bertz CT molecular complexity index is 1240. The molecule has 4 nitrogen and oxygen atoms in total. The van der Waals surface area contributed by atoms with Gasteiger partial charge in [0.25, 0.3) is 0 Å². The lowest BCUT2D eigenvalue weighted by molar-refractivity contribution is -0.274. The van der Waals surface area contributed by atoms with Crippen LogP contribution in [0.25, 0.3) is 33.3 Å². The number of aromatic nitrogens is 1. The van der Waals surface area contributed by atoms with Crippen LogP contribution in [-0.4, -0.2) is 16.5 Å². The molecule has 0 atom stereocenters. The lowest BCUT2D eigenvalue weighted by Crippen LogP contribution is -2.16. The molecule has 0 radical (unpaired) electrons. The fourth-order valence-electron chi connectivity index (χ4n) is 3.35. The molecule has 0 unspecified atom stereocenters. The highest BCUT2D eigenvalue weighted by molar-refractivity contribution is 5.83. The zero-order chi connectivity index (χ0) is 21.3. The maximum absolute atomic E-state index is 12.7. The molecule has 0 fully saturated rings. The number of para-hydroxylation sites is 1. The molecule has 2 N–H and O–H groups in total. The monoisotopic (exact) mass is 411 g/mol. The first kappa shape index (κ1) is 19.7. The summed E-state index contributed by atoms with van der Waals surface area (Å²) in [5.74, 6) is -0.288. The summed E-state index contributed by atoms with van der Waals surface area (Å²) in [4.78, 5) is 15.9. The number of ether oxygens (including phenoxy) is 1. The number of alkyl halides is 3. The van der Waals surface area contributed by atoms with E-state index in [0.717, 1.165) is 5.56 Å². The predicted octanol–water partition coefficient (Wildman–Crippen LogP) is 5.25.